The van der Waals surface area contributed by atoms with Crippen molar-refractivity contribution in [3.05, 3.63) is 0 Å². The molecule has 0 aromatic rings. The average Bonchev–Trinajstić information content (AvgIpc) is 1.98. The molecule has 0 saturated heterocycles. The van der Waals surface area contributed by atoms with Gasteiger partial charge in [0.2, 0.25) is 5.91 Å². The summed E-state index contributed by atoms with van der Waals surface area (Å²) in [5, 5.41) is 8.99. The maximum absolute atomic E-state index is 10.8. The molecule has 0 bridgehead atoms. The Morgan fingerprint density at radius 2 is 2.08 bits per heavy atom. The van der Waals surface area contributed by atoms with E-state index in [2.05, 4.69) is 0 Å². The SMILES string of the molecule is CC(C(=O)NCC(=O)O)S(=O)O. The summed E-state index contributed by atoms with van der Waals surface area (Å²) in [6.07, 6.45) is 0. The minimum atomic E-state index is -2.26. The molecule has 1 amide bonds. The normalized spacial score (nSPS) is 14.8. The van der Waals surface area contributed by atoms with Gasteiger partial charge in [0.1, 0.15) is 11.8 Å². The largest absolute Gasteiger partial charge is 0.480 e. The van der Waals surface area contributed by atoms with Gasteiger partial charge in [0.05, 0.1) is 0 Å². The molecule has 0 aliphatic rings. The molecule has 0 rings (SSSR count). The Morgan fingerprint density at radius 1 is 1.58 bits per heavy atom. The Hall–Kier alpha value is -0.950. The molecule has 6 nitrogen and oxygen atoms in total. The molecule has 0 spiro atoms. The second-order valence-corrected chi connectivity index (χ2v) is 3.29. The van der Waals surface area contributed by atoms with Gasteiger partial charge in [-0.15, -0.1) is 0 Å². The van der Waals surface area contributed by atoms with Crippen LogP contribution >= 0.6 is 0 Å². The van der Waals surface area contributed by atoms with Gasteiger partial charge in [-0.05, 0) is 6.92 Å². The van der Waals surface area contributed by atoms with Crippen molar-refractivity contribution >= 4 is 23.0 Å². The van der Waals surface area contributed by atoms with Gasteiger partial charge in [0.15, 0.2) is 11.1 Å². The topological polar surface area (TPSA) is 104 Å². The average molecular weight is 195 g/mol. The molecule has 0 heterocycles. The van der Waals surface area contributed by atoms with E-state index in [9.17, 15) is 13.8 Å². The summed E-state index contributed by atoms with van der Waals surface area (Å²) in [5.41, 5.74) is 0. The first-order valence-electron chi connectivity index (χ1n) is 3.04. The van der Waals surface area contributed by atoms with Crippen LogP contribution in [0.2, 0.25) is 0 Å². The zero-order chi connectivity index (χ0) is 9.72. The van der Waals surface area contributed by atoms with E-state index in [0.717, 1.165) is 0 Å². The van der Waals surface area contributed by atoms with Crippen molar-refractivity contribution in [1.29, 1.82) is 0 Å². The van der Waals surface area contributed by atoms with Crippen LogP contribution in [0.1, 0.15) is 6.92 Å². The fourth-order valence-corrected chi connectivity index (χ4v) is 0.664. The van der Waals surface area contributed by atoms with Crippen molar-refractivity contribution in [1.82, 2.24) is 5.32 Å². The number of amides is 1. The Kier molecular flexibility index (Phi) is 4.45. The lowest BCUT2D eigenvalue weighted by Gasteiger charge is -2.05. The van der Waals surface area contributed by atoms with Gasteiger partial charge in [0.25, 0.3) is 0 Å². The number of hydrogen-bond donors (Lipinski definition) is 3. The maximum Gasteiger partial charge on any atom is 0.322 e. The summed E-state index contributed by atoms with van der Waals surface area (Å²) in [6.45, 7) is 0.688. The van der Waals surface area contributed by atoms with Gasteiger partial charge in [0, 0.05) is 0 Å². The fourth-order valence-electron chi connectivity index (χ4n) is 0.398. The van der Waals surface area contributed by atoms with Gasteiger partial charge in [-0.1, -0.05) is 0 Å². The van der Waals surface area contributed by atoms with Crippen molar-refractivity contribution in [2.75, 3.05) is 6.54 Å². The second kappa shape index (κ2) is 4.83. The molecule has 7 heteroatoms. The van der Waals surface area contributed by atoms with Crippen molar-refractivity contribution < 1.29 is 23.5 Å². The number of carboxylic acids is 1. The third-order valence-electron chi connectivity index (χ3n) is 1.09. The minimum Gasteiger partial charge on any atom is -0.480 e. The molecule has 0 radical (unpaired) electrons. The zero-order valence-corrected chi connectivity index (χ0v) is 7.13. The highest BCUT2D eigenvalue weighted by molar-refractivity contribution is 7.80. The van der Waals surface area contributed by atoms with E-state index >= 15 is 0 Å². The molecular weight excluding hydrogens is 186 g/mol. The summed E-state index contributed by atoms with van der Waals surface area (Å²) in [5.74, 6) is -1.95. The van der Waals surface area contributed by atoms with Crippen molar-refractivity contribution in [3.63, 3.8) is 0 Å². The Morgan fingerprint density at radius 3 is 2.42 bits per heavy atom. The molecule has 70 valence electrons. The van der Waals surface area contributed by atoms with E-state index in [1.54, 1.807) is 0 Å². The van der Waals surface area contributed by atoms with Crippen LogP contribution in [0.5, 0.6) is 0 Å². The standard InChI is InChI=1S/C5H9NO5S/c1-3(12(10)11)5(9)6-2-4(7)8/h3H,2H2,1H3,(H,6,9)(H,7,8)(H,10,11). The van der Waals surface area contributed by atoms with Gasteiger partial charge >= 0.3 is 5.97 Å². The third kappa shape index (κ3) is 4.04. The highest BCUT2D eigenvalue weighted by Gasteiger charge is 2.18. The van der Waals surface area contributed by atoms with Crippen LogP contribution in [0.4, 0.5) is 0 Å². The van der Waals surface area contributed by atoms with E-state index in [-0.39, 0.29) is 0 Å². The summed E-state index contributed by atoms with van der Waals surface area (Å²) >= 11 is -2.26. The first-order valence-corrected chi connectivity index (χ1v) is 4.21. The molecule has 3 N–H and O–H groups in total. The van der Waals surface area contributed by atoms with Gasteiger partial charge < -0.3 is 15.0 Å². The highest BCUT2D eigenvalue weighted by atomic mass is 32.2. The van der Waals surface area contributed by atoms with Crippen LogP contribution in [0.15, 0.2) is 0 Å². The molecule has 0 aliphatic heterocycles. The van der Waals surface area contributed by atoms with Crippen molar-refractivity contribution in [2.45, 2.75) is 12.2 Å². The third-order valence-corrected chi connectivity index (χ3v) is 1.90. The number of carbonyl (C=O) groups is 2. The second-order valence-electron chi connectivity index (χ2n) is 2.03. The molecule has 12 heavy (non-hydrogen) atoms. The Bertz CT molecular complexity index is 216. The maximum atomic E-state index is 10.8. The molecular formula is C5H9NO5S. The fraction of sp³-hybridized carbons (Fsp3) is 0.600. The molecule has 0 aromatic heterocycles. The van der Waals surface area contributed by atoms with Crippen LogP contribution in [0, 0.1) is 0 Å². The van der Waals surface area contributed by atoms with Crippen LogP contribution in [-0.2, 0) is 20.7 Å². The number of aliphatic carboxylic acids is 1. The van der Waals surface area contributed by atoms with Gasteiger partial charge in [-0.2, -0.15) is 0 Å². The lowest BCUT2D eigenvalue weighted by Crippen LogP contribution is -2.38. The van der Waals surface area contributed by atoms with E-state index in [1.165, 1.54) is 6.92 Å². The van der Waals surface area contributed by atoms with Gasteiger partial charge in [-0.25, -0.2) is 4.21 Å². The molecule has 0 aliphatic carbocycles. The Balaban J connectivity index is 3.88. The molecule has 2 atom stereocenters. The molecule has 2 unspecified atom stereocenters. The number of carbonyl (C=O) groups excluding carboxylic acids is 1. The van der Waals surface area contributed by atoms with E-state index in [1.807, 2.05) is 5.32 Å². The number of hydrogen-bond acceptors (Lipinski definition) is 3. The smallest absolute Gasteiger partial charge is 0.322 e. The first kappa shape index (κ1) is 11.1. The van der Waals surface area contributed by atoms with Crippen LogP contribution < -0.4 is 5.32 Å². The Labute approximate surface area is 71.2 Å². The predicted molar refractivity (Wildman–Crippen MR) is 40.9 cm³/mol. The molecule has 0 fully saturated rings. The number of rotatable bonds is 4. The summed E-state index contributed by atoms with van der Waals surface area (Å²) in [7, 11) is 0. The molecule has 0 saturated carbocycles. The van der Waals surface area contributed by atoms with Crippen LogP contribution in [0.25, 0.3) is 0 Å². The minimum absolute atomic E-state index is 0.541. The number of nitrogens with one attached hydrogen (secondary N) is 1. The summed E-state index contributed by atoms with van der Waals surface area (Å²) in [4.78, 5) is 20.7. The van der Waals surface area contributed by atoms with Gasteiger partial charge in [-0.3, -0.25) is 9.59 Å². The monoisotopic (exact) mass is 195 g/mol. The van der Waals surface area contributed by atoms with E-state index in [0.29, 0.717) is 0 Å². The van der Waals surface area contributed by atoms with E-state index < -0.39 is 34.8 Å². The summed E-state index contributed by atoms with van der Waals surface area (Å²) in [6, 6.07) is 0. The van der Waals surface area contributed by atoms with E-state index in [4.69, 9.17) is 9.66 Å². The van der Waals surface area contributed by atoms with Crippen molar-refractivity contribution in [3.8, 4) is 0 Å². The van der Waals surface area contributed by atoms with Crippen molar-refractivity contribution in [2.24, 2.45) is 0 Å². The first-order chi connectivity index (χ1) is 5.45. The highest BCUT2D eigenvalue weighted by Crippen LogP contribution is 1.90. The zero-order valence-electron chi connectivity index (χ0n) is 6.31. The lowest BCUT2D eigenvalue weighted by molar-refractivity contribution is -0.137. The molecule has 0 aromatic carbocycles. The van der Waals surface area contributed by atoms with Crippen LogP contribution in [0.3, 0.4) is 0 Å². The lowest BCUT2D eigenvalue weighted by atomic mass is 10.4. The number of carboxylic acid groups (broad SMARTS) is 1. The summed E-state index contributed by atoms with van der Waals surface area (Å²) < 4.78 is 18.7. The quantitative estimate of drug-likeness (QED) is 0.489. The predicted octanol–water partition coefficient (Wildman–Crippen LogP) is -1.20. The van der Waals surface area contributed by atoms with Crippen LogP contribution in [-0.4, -0.2) is 37.5 Å².